The largest absolute Gasteiger partial charge is 0.347 e. The second-order valence-electron chi connectivity index (χ2n) is 7.98. The van der Waals surface area contributed by atoms with Crippen LogP contribution < -0.4 is 9.62 Å². The Labute approximate surface area is 217 Å². The topological polar surface area (TPSA) is 96.7 Å². The molecule has 0 aliphatic rings. The van der Waals surface area contributed by atoms with Crippen LogP contribution in [0, 0.1) is 5.82 Å². The van der Waals surface area contributed by atoms with Gasteiger partial charge in [-0.1, -0.05) is 23.7 Å². The molecule has 1 N–H and O–H groups in total. The van der Waals surface area contributed by atoms with E-state index < -0.39 is 15.8 Å². The monoisotopic (exact) mass is 535 g/mol. The quantitative estimate of drug-likeness (QED) is 0.317. The fraction of sp³-hybridized carbons (Fsp3) is 0.0385. The number of carbonyl (C=O) groups excluding carboxylic acids is 1. The van der Waals surface area contributed by atoms with Crippen LogP contribution in [0.3, 0.4) is 0 Å². The van der Waals surface area contributed by atoms with E-state index in [2.05, 4.69) is 15.3 Å². The molecule has 0 spiro atoms. The number of benzene rings is 3. The van der Waals surface area contributed by atoms with Crippen molar-refractivity contribution in [3.05, 3.63) is 120 Å². The number of rotatable bonds is 7. The van der Waals surface area contributed by atoms with Crippen molar-refractivity contribution in [2.45, 2.75) is 11.4 Å². The molecular weight excluding hydrogens is 517 g/mol. The van der Waals surface area contributed by atoms with Gasteiger partial charge in [0.25, 0.3) is 15.9 Å². The molecule has 0 radical (unpaired) electrons. The van der Waals surface area contributed by atoms with Crippen LogP contribution in [0.15, 0.2) is 102 Å². The fourth-order valence-electron chi connectivity index (χ4n) is 3.73. The molecule has 11 heteroatoms. The third-order valence-corrected chi connectivity index (χ3v) is 7.58. The molecule has 5 aromatic rings. The number of sulfonamides is 1. The molecule has 0 fully saturated rings. The average molecular weight is 536 g/mol. The molecule has 0 atom stereocenters. The predicted octanol–water partition coefficient (Wildman–Crippen LogP) is 4.98. The number of aromatic nitrogens is 3. The second-order valence-corrected chi connectivity index (χ2v) is 10.2. The highest BCUT2D eigenvalue weighted by Gasteiger charge is 2.27. The highest BCUT2D eigenvalue weighted by molar-refractivity contribution is 7.93. The molecule has 2 heterocycles. The minimum atomic E-state index is -4.08. The number of halogens is 2. The first-order valence-electron chi connectivity index (χ1n) is 11.0. The maximum Gasteiger partial charge on any atom is 0.270 e. The third kappa shape index (κ3) is 5.02. The molecule has 1 amide bonds. The molecule has 0 saturated carbocycles. The Hall–Kier alpha value is -4.28. The summed E-state index contributed by atoms with van der Waals surface area (Å²) in [7, 11) is -4.08. The SMILES string of the molecule is O=C(NCc1ccc(S(=O)(=O)N(c2ccc(F)cc2)c2ccc(Cl)cc2)cc1)c1cnc2ncccn12. The van der Waals surface area contributed by atoms with Crippen molar-refractivity contribution in [3.63, 3.8) is 0 Å². The third-order valence-electron chi connectivity index (χ3n) is 5.56. The summed E-state index contributed by atoms with van der Waals surface area (Å²) in [5, 5.41) is 3.25. The van der Waals surface area contributed by atoms with Crippen LogP contribution in [0.25, 0.3) is 5.78 Å². The molecule has 0 bridgehead atoms. The Kier molecular flexibility index (Phi) is 6.60. The lowest BCUT2D eigenvalue weighted by molar-refractivity contribution is 0.0945. The Morgan fingerprint density at radius 1 is 0.946 bits per heavy atom. The molecule has 8 nitrogen and oxygen atoms in total. The standard InChI is InChI=1S/C26H19ClFN5O3S/c27-19-4-8-21(9-5-19)33(22-10-6-20(28)7-11-22)37(35,36)23-12-2-18(3-13-23)16-30-25(34)24-17-31-26-29-14-1-15-32(24)26/h1-15,17H,16H2,(H,30,34). The number of imidazole rings is 1. The first-order chi connectivity index (χ1) is 17.8. The molecule has 2 aromatic heterocycles. The van der Waals surface area contributed by atoms with Gasteiger partial charge in [0.1, 0.15) is 11.5 Å². The van der Waals surface area contributed by atoms with Gasteiger partial charge < -0.3 is 5.32 Å². The summed E-state index contributed by atoms with van der Waals surface area (Å²) >= 11 is 5.99. The van der Waals surface area contributed by atoms with Crippen molar-refractivity contribution in [2.24, 2.45) is 0 Å². The van der Waals surface area contributed by atoms with Gasteiger partial charge in [-0.25, -0.2) is 27.1 Å². The number of anilines is 2. The van der Waals surface area contributed by atoms with E-state index in [0.29, 0.717) is 27.7 Å². The number of hydrogen-bond donors (Lipinski definition) is 1. The van der Waals surface area contributed by atoms with Crippen molar-refractivity contribution < 1.29 is 17.6 Å². The number of nitrogens with zero attached hydrogens (tertiary/aromatic N) is 4. The number of hydrogen-bond acceptors (Lipinski definition) is 5. The molecule has 0 unspecified atom stereocenters. The minimum absolute atomic E-state index is 0.0229. The molecule has 3 aromatic carbocycles. The number of carbonyl (C=O) groups is 1. The van der Waals surface area contributed by atoms with Crippen molar-refractivity contribution in [2.75, 3.05) is 4.31 Å². The smallest absolute Gasteiger partial charge is 0.270 e. The highest BCUT2D eigenvalue weighted by Crippen LogP contribution is 2.33. The van der Waals surface area contributed by atoms with Gasteiger partial charge in [0.2, 0.25) is 5.78 Å². The predicted molar refractivity (Wildman–Crippen MR) is 138 cm³/mol. The first-order valence-corrected chi connectivity index (χ1v) is 12.9. The number of amides is 1. The Morgan fingerprint density at radius 2 is 1.59 bits per heavy atom. The Balaban J connectivity index is 1.38. The van der Waals surface area contributed by atoms with Crippen LogP contribution in [-0.2, 0) is 16.6 Å². The zero-order valence-electron chi connectivity index (χ0n) is 19.1. The van der Waals surface area contributed by atoms with E-state index in [1.54, 1.807) is 59.3 Å². The first kappa shape index (κ1) is 24.4. The van der Waals surface area contributed by atoms with Crippen LogP contribution in [0.1, 0.15) is 16.1 Å². The highest BCUT2D eigenvalue weighted by atomic mass is 35.5. The van der Waals surface area contributed by atoms with Gasteiger partial charge in [-0.15, -0.1) is 0 Å². The van der Waals surface area contributed by atoms with Crippen LogP contribution in [0.2, 0.25) is 5.02 Å². The molecule has 37 heavy (non-hydrogen) atoms. The zero-order chi connectivity index (χ0) is 26.0. The molecule has 0 aliphatic heterocycles. The minimum Gasteiger partial charge on any atom is -0.347 e. The van der Waals surface area contributed by atoms with E-state index in [9.17, 15) is 17.6 Å². The van der Waals surface area contributed by atoms with Gasteiger partial charge >= 0.3 is 0 Å². The summed E-state index contributed by atoms with van der Waals surface area (Å²) in [5.74, 6) is -0.417. The van der Waals surface area contributed by atoms with Gasteiger partial charge in [0, 0.05) is 24.0 Å². The normalized spacial score (nSPS) is 11.4. The van der Waals surface area contributed by atoms with E-state index in [4.69, 9.17) is 11.6 Å². The molecule has 0 aliphatic carbocycles. The van der Waals surface area contributed by atoms with Crippen molar-refractivity contribution in [3.8, 4) is 0 Å². The lowest BCUT2D eigenvalue weighted by atomic mass is 10.2. The van der Waals surface area contributed by atoms with Gasteiger partial charge in [0.15, 0.2) is 0 Å². The van der Waals surface area contributed by atoms with Crippen LogP contribution in [0.4, 0.5) is 15.8 Å². The Morgan fingerprint density at radius 3 is 2.27 bits per heavy atom. The molecule has 0 saturated heterocycles. The van der Waals surface area contributed by atoms with Crippen LogP contribution in [0.5, 0.6) is 0 Å². The van der Waals surface area contributed by atoms with Crippen LogP contribution >= 0.6 is 11.6 Å². The summed E-state index contributed by atoms with van der Waals surface area (Å²) in [6, 6.07) is 19.3. The summed E-state index contributed by atoms with van der Waals surface area (Å²) in [6.07, 6.45) is 4.72. The number of nitrogens with one attached hydrogen (secondary N) is 1. The average Bonchev–Trinajstić information content (AvgIpc) is 3.34. The van der Waals surface area contributed by atoms with E-state index in [1.165, 1.54) is 42.6 Å². The summed E-state index contributed by atoms with van der Waals surface area (Å²) < 4.78 is 43.6. The maximum atomic E-state index is 13.7. The fourth-order valence-corrected chi connectivity index (χ4v) is 5.35. The van der Waals surface area contributed by atoms with E-state index in [1.807, 2.05) is 0 Å². The van der Waals surface area contributed by atoms with Crippen LogP contribution in [-0.4, -0.2) is 28.7 Å². The van der Waals surface area contributed by atoms with Crippen molar-refractivity contribution in [1.82, 2.24) is 19.7 Å². The van der Waals surface area contributed by atoms with E-state index >= 15 is 0 Å². The molecular formula is C26H19ClFN5O3S. The van der Waals surface area contributed by atoms with Gasteiger partial charge in [0.05, 0.1) is 22.5 Å². The second kappa shape index (κ2) is 10.00. The van der Waals surface area contributed by atoms with E-state index in [-0.39, 0.29) is 23.0 Å². The maximum absolute atomic E-state index is 13.7. The zero-order valence-corrected chi connectivity index (χ0v) is 20.7. The van der Waals surface area contributed by atoms with Gasteiger partial charge in [-0.05, 0) is 72.3 Å². The Bertz CT molecular complexity index is 1630. The van der Waals surface area contributed by atoms with Gasteiger partial charge in [-0.3, -0.25) is 9.20 Å². The van der Waals surface area contributed by atoms with Gasteiger partial charge in [-0.2, -0.15) is 0 Å². The summed E-state index contributed by atoms with van der Waals surface area (Å²) in [5.41, 5.74) is 1.64. The van der Waals surface area contributed by atoms with E-state index in [0.717, 1.165) is 4.31 Å². The number of fused-ring (bicyclic) bond motifs is 1. The molecule has 5 rings (SSSR count). The lowest BCUT2D eigenvalue weighted by Gasteiger charge is -2.25. The summed E-state index contributed by atoms with van der Waals surface area (Å²) in [4.78, 5) is 20.8. The summed E-state index contributed by atoms with van der Waals surface area (Å²) in [6.45, 7) is 0.172. The lowest BCUT2D eigenvalue weighted by Crippen LogP contribution is -2.26. The van der Waals surface area contributed by atoms with Crippen molar-refractivity contribution in [1.29, 1.82) is 0 Å². The van der Waals surface area contributed by atoms with Crippen molar-refractivity contribution >= 4 is 44.7 Å². The molecule has 186 valence electrons.